The summed E-state index contributed by atoms with van der Waals surface area (Å²) < 4.78 is 5.56. The van der Waals surface area contributed by atoms with E-state index < -0.39 is 0 Å². The van der Waals surface area contributed by atoms with Crippen molar-refractivity contribution in [3.05, 3.63) is 58.7 Å². The molecule has 2 aromatic rings. The van der Waals surface area contributed by atoms with Crippen LogP contribution in [0.3, 0.4) is 0 Å². The molecule has 2 aromatic carbocycles. The maximum atomic E-state index is 5.56. The summed E-state index contributed by atoms with van der Waals surface area (Å²) in [6, 6.07) is 13.4. The Kier molecular flexibility index (Phi) is 3.39. The van der Waals surface area contributed by atoms with Gasteiger partial charge < -0.3 is 10.1 Å². The molecule has 1 heterocycles. The van der Waals surface area contributed by atoms with Crippen LogP contribution in [0.25, 0.3) is 0 Å². The van der Waals surface area contributed by atoms with Gasteiger partial charge >= 0.3 is 0 Å². The summed E-state index contributed by atoms with van der Waals surface area (Å²) in [5, 5.41) is 3.59. The zero-order valence-corrected chi connectivity index (χ0v) is 12.4. The second-order valence-electron chi connectivity index (χ2n) is 5.71. The predicted octanol–water partition coefficient (Wildman–Crippen LogP) is 4.41. The van der Waals surface area contributed by atoms with E-state index in [4.69, 9.17) is 4.74 Å². The van der Waals surface area contributed by atoms with Crippen LogP contribution in [0.5, 0.6) is 5.75 Å². The van der Waals surface area contributed by atoms with Gasteiger partial charge in [-0.15, -0.1) is 0 Å². The second-order valence-corrected chi connectivity index (χ2v) is 5.71. The first-order chi connectivity index (χ1) is 9.61. The predicted molar refractivity (Wildman–Crippen MR) is 83.6 cm³/mol. The third-order valence-electron chi connectivity index (χ3n) is 3.82. The first-order valence-electron chi connectivity index (χ1n) is 7.22. The molecule has 0 aliphatic carbocycles. The fourth-order valence-corrected chi connectivity index (χ4v) is 2.87. The molecule has 0 spiro atoms. The Balaban J connectivity index is 1.80. The van der Waals surface area contributed by atoms with Crippen LogP contribution >= 0.6 is 0 Å². The molecule has 1 N–H and O–H groups in total. The monoisotopic (exact) mass is 267 g/mol. The van der Waals surface area contributed by atoms with Crippen molar-refractivity contribution in [2.45, 2.75) is 33.2 Å². The molecule has 2 heteroatoms. The molecule has 2 nitrogen and oxygen atoms in total. The Hall–Kier alpha value is -1.96. The van der Waals surface area contributed by atoms with E-state index in [1.165, 1.54) is 27.9 Å². The van der Waals surface area contributed by atoms with Crippen molar-refractivity contribution >= 4 is 5.69 Å². The van der Waals surface area contributed by atoms with Gasteiger partial charge in [-0.25, -0.2) is 0 Å². The summed E-state index contributed by atoms with van der Waals surface area (Å²) in [4.78, 5) is 0. The summed E-state index contributed by atoms with van der Waals surface area (Å²) >= 11 is 0. The van der Waals surface area contributed by atoms with Crippen molar-refractivity contribution in [1.29, 1.82) is 0 Å². The van der Waals surface area contributed by atoms with Gasteiger partial charge in [-0.2, -0.15) is 0 Å². The van der Waals surface area contributed by atoms with E-state index in [0.717, 1.165) is 18.8 Å². The van der Waals surface area contributed by atoms with Crippen LogP contribution < -0.4 is 10.1 Å². The Morgan fingerprint density at radius 2 is 1.80 bits per heavy atom. The lowest BCUT2D eigenvalue weighted by molar-refractivity contribution is 0.357. The van der Waals surface area contributed by atoms with E-state index in [1.807, 2.05) is 0 Å². The summed E-state index contributed by atoms with van der Waals surface area (Å²) in [6.45, 7) is 7.29. The van der Waals surface area contributed by atoms with Gasteiger partial charge in [-0.05, 0) is 67.3 Å². The molecule has 104 valence electrons. The number of hydrogen-bond donors (Lipinski definition) is 1. The maximum absolute atomic E-state index is 5.56. The zero-order chi connectivity index (χ0) is 14.1. The van der Waals surface area contributed by atoms with Crippen molar-refractivity contribution in [3.8, 4) is 5.75 Å². The van der Waals surface area contributed by atoms with Gasteiger partial charge in [0.25, 0.3) is 0 Å². The van der Waals surface area contributed by atoms with Crippen LogP contribution in [-0.4, -0.2) is 6.61 Å². The molecular weight excluding hydrogens is 246 g/mol. The molecule has 3 rings (SSSR count). The van der Waals surface area contributed by atoms with Crippen LogP contribution in [0.15, 0.2) is 36.4 Å². The largest absolute Gasteiger partial charge is 0.493 e. The molecule has 0 saturated heterocycles. The van der Waals surface area contributed by atoms with Crippen LogP contribution in [0.1, 0.15) is 35.2 Å². The Labute approximate surface area is 120 Å². The molecule has 0 bridgehead atoms. The molecule has 0 fully saturated rings. The van der Waals surface area contributed by atoms with Crippen molar-refractivity contribution < 1.29 is 4.74 Å². The van der Waals surface area contributed by atoms with Crippen LogP contribution in [-0.2, 0) is 6.42 Å². The normalized spacial score (nSPS) is 14.6. The smallest absolute Gasteiger partial charge is 0.122 e. The molecule has 1 atom stereocenters. The highest BCUT2D eigenvalue weighted by Gasteiger charge is 2.14. The van der Waals surface area contributed by atoms with Gasteiger partial charge in [0, 0.05) is 18.2 Å². The lowest BCUT2D eigenvalue weighted by Gasteiger charge is -2.17. The number of hydrogen-bond acceptors (Lipinski definition) is 2. The third kappa shape index (κ3) is 2.64. The fourth-order valence-electron chi connectivity index (χ4n) is 2.87. The van der Waals surface area contributed by atoms with Gasteiger partial charge in [0.2, 0.25) is 0 Å². The highest BCUT2D eigenvalue weighted by Crippen LogP contribution is 2.29. The first-order valence-corrected chi connectivity index (χ1v) is 7.22. The Morgan fingerprint density at radius 3 is 2.55 bits per heavy atom. The molecule has 0 saturated carbocycles. The number of anilines is 1. The lowest BCUT2D eigenvalue weighted by Crippen LogP contribution is -2.07. The number of fused-ring (bicyclic) bond motifs is 1. The number of rotatable bonds is 3. The number of ether oxygens (including phenoxy) is 1. The van der Waals surface area contributed by atoms with E-state index in [2.05, 4.69) is 62.5 Å². The minimum Gasteiger partial charge on any atom is -0.493 e. The van der Waals surface area contributed by atoms with E-state index >= 15 is 0 Å². The highest BCUT2D eigenvalue weighted by molar-refractivity contribution is 5.51. The minimum absolute atomic E-state index is 0.294. The zero-order valence-electron chi connectivity index (χ0n) is 12.4. The van der Waals surface area contributed by atoms with E-state index in [0.29, 0.717) is 6.04 Å². The minimum atomic E-state index is 0.294. The third-order valence-corrected chi connectivity index (χ3v) is 3.82. The summed E-state index contributed by atoms with van der Waals surface area (Å²) in [5.74, 6) is 1.05. The molecule has 0 radical (unpaired) electrons. The first kappa shape index (κ1) is 13.0. The van der Waals surface area contributed by atoms with Crippen molar-refractivity contribution in [1.82, 2.24) is 0 Å². The Morgan fingerprint density at radius 1 is 1.05 bits per heavy atom. The van der Waals surface area contributed by atoms with Crippen LogP contribution in [0.2, 0.25) is 0 Å². The van der Waals surface area contributed by atoms with E-state index in [9.17, 15) is 0 Å². The highest BCUT2D eigenvalue weighted by atomic mass is 16.5. The lowest BCUT2D eigenvalue weighted by atomic mass is 10.0. The molecular formula is C18H21NO. The number of nitrogens with one attached hydrogen (secondary N) is 1. The Bertz CT molecular complexity index is 613. The number of aryl methyl sites for hydroxylation is 2. The topological polar surface area (TPSA) is 21.3 Å². The van der Waals surface area contributed by atoms with Crippen molar-refractivity contribution in [2.75, 3.05) is 11.9 Å². The summed E-state index contributed by atoms with van der Waals surface area (Å²) in [5.41, 5.74) is 6.42. The molecule has 1 aliphatic rings. The van der Waals surface area contributed by atoms with E-state index in [-0.39, 0.29) is 0 Å². The van der Waals surface area contributed by atoms with Gasteiger partial charge in [0.15, 0.2) is 0 Å². The molecule has 0 aromatic heterocycles. The average molecular weight is 267 g/mol. The maximum Gasteiger partial charge on any atom is 0.122 e. The quantitative estimate of drug-likeness (QED) is 0.889. The average Bonchev–Trinajstić information content (AvgIpc) is 2.84. The number of benzene rings is 2. The molecule has 1 aliphatic heterocycles. The van der Waals surface area contributed by atoms with Crippen molar-refractivity contribution in [3.63, 3.8) is 0 Å². The van der Waals surface area contributed by atoms with Crippen LogP contribution in [0.4, 0.5) is 5.69 Å². The van der Waals surface area contributed by atoms with Crippen LogP contribution in [0, 0.1) is 13.8 Å². The second kappa shape index (κ2) is 5.20. The van der Waals surface area contributed by atoms with E-state index in [1.54, 1.807) is 0 Å². The van der Waals surface area contributed by atoms with Gasteiger partial charge in [0.05, 0.1) is 6.61 Å². The van der Waals surface area contributed by atoms with Gasteiger partial charge in [0.1, 0.15) is 5.75 Å². The standard InChI is InChI=1S/C18H21NO/c1-12-8-13(2)10-17(9-12)19-14(3)15-4-5-18-16(11-15)6-7-20-18/h4-5,8-11,14,19H,6-7H2,1-3H3. The molecule has 1 unspecified atom stereocenters. The van der Waals surface area contributed by atoms with Gasteiger partial charge in [-0.3, -0.25) is 0 Å². The fraction of sp³-hybridized carbons (Fsp3) is 0.333. The SMILES string of the molecule is Cc1cc(C)cc(NC(C)c2ccc3c(c2)CCO3)c1. The van der Waals surface area contributed by atoms with Gasteiger partial charge in [-0.1, -0.05) is 12.1 Å². The molecule has 0 amide bonds. The summed E-state index contributed by atoms with van der Waals surface area (Å²) in [7, 11) is 0. The van der Waals surface area contributed by atoms with Crippen molar-refractivity contribution in [2.24, 2.45) is 0 Å². The summed E-state index contributed by atoms with van der Waals surface area (Å²) in [6.07, 6.45) is 1.03. The molecule has 20 heavy (non-hydrogen) atoms.